The third-order valence-corrected chi connectivity index (χ3v) is 7.22. The van der Waals surface area contributed by atoms with E-state index < -0.39 is 5.41 Å². The maximum absolute atomic E-state index is 13.3. The summed E-state index contributed by atoms with van der Waals surface area (Å²) in [5.41, 5.74) is 3.01. The van der Waals surface area contributed by atoms with Crippen molar-refractivity contribution in [3.05, 3.63) is 108 Å². The van der Waals surface area contributed by atoms with Crippen molar-refractivity contribution < 1.29 is 4.79 Å². The number of carbonyl (C=O) groups excluding carboxylic acids is 1. The van der Waals surface area contributed by atoms with Gasteiger partial charge in [-0.2, -0.15) is 5.26 Å². The molecule has 0 fully saturated rings. The van der Waals surface area contributed by atoms with E-state index >= 15 is 0 Å². The Morgan fingerprint density at radius 3 is 1.92 bits per heavy atom. The standard InChI is InChI=1S/C33H41N3O/c1-4-33(25-34,29-19-12-7-13-20-29)21-14-22-35-32(37)31(23-26(2)3)36-24-30(27-15-8-5-9-16-27)28-17-10-6-11-18-28/h5-13,15-20,26,30-31,36H,4,14,21-24H2,1-3H3,(H,35,37)/t31-,33?/m0/s1. The maximum Gasteiger partial charge on any atom is 0.237 e. The number of benzene rings is 3. The summed E-state index contributed by atoms with van der Waals surface area (Å²) in [7, 11) is 0. The smallest absolute Gasteiger partial charge is 0.237 e. The van der Waals surface area contributed by atoms with E-state index in [0.717, 1.165) is 31.2 Å². The first-order valence-corrected chi connectivity index (χ1v) is 13.6. The summed E-state index contributed by atoms with van der Waals surface area (Å²) in [5.74, 6) is 0.587. The first-order chi connectivity index (χ1) is 18.0. The normalized spacial score (nSPS) is 13.6. The molecule has 0 aliphatic heterocycles. The second kappa shape index (κ2) is 14.4. The van der Waals surface area contributed by atoms with E-state index in [4.69, 9.17) is 0 Å². The summed E-state index contributed by atoms with van der Waals surface area (Å²) in [6.45, 7) is 7.60. The largest absolute Gasteiger partial charge is 0.355 e. The molecule has 3 aromatic rings. The molecule has 0 radical (unpaired) electrons. The van der Waals surface area contributed by atoms with Gasteiger partial charge in [-0.3, -0.25) is 4.79 Å². The van der Waals surface area contributed by atoms with Gasteiger partial charge in [0, 0.05) is 19.0 Å². The van der Waals surface area contributed by atoms with Gasteiger partial charge in [0.25, 0.3) is 0 Å². The van der Waals surface area contributed by atoms with Crippen LogP contribution in [0.1, 0.15) is 69.1 Å². The van der Waals surface area contributed by atoms with Crippen molar-refractivity contribution in [1.29, 1.82) is 5.26 Å². The topological polar surface area (TPSA) is 64.9 Å². The fourth-order valence-corrected chi connectivity index (χ4v) is 5.02. The highest BCUT2D eigenvalue weighted by molar-refractivity contribution is 5.81. The van der Waals surface area contributed by atoms with Gasteiger partial charge in [0.05, 0.1) is 17.5 Å². The van der Waals surface area contributed by atoms with E-state index in [1.165, 1.54) is 11.1 Å². The molecule has 0 spiro atoms. The minimum absolute atomic E-state index is 0.0346. The van der Waals surface area contributed by atoms with Crippen LogP contribution < -0.4 is 10.6 Å². The predicted octanol–water partition coefficient (Wildman–Crippen LogP) is 6.59. The fourth-order valence-electron chi connectivity index (χ4n) is 5.02. The van der Waals surface area contributed by atoms with Gasteiger partial charge in [0.1, 0.15) is 0 Å². The summed E-state index contributed by atoms with van der Waals surface area (Å²) in [6, 6.07) is 33.2. The Bertz CT molecular complexity index is 1070. The van der Waals surface area contributed by atoms with Crippen molar-refractivity contribution in [3.8, 4) is 6.07 Å². The molecule has 1 unspecified atom stereocenters. The van der Waals surface area contributed by atoms with Crippen LogP contribution in [0.15, 0.2) is 91.0 Å². The molecule has 0 heterocycles. The second-order valence-corrected chi connectivity index (χ2v) is 10.3. The maximum atomic E-state index is 13.3. The Labute approximate surface area is 223 Å². The number of nitrogens with zero attached hydrogens (tertiary/aromatic N) is 1. The molecule has 0 bridgehead atoms. The monoisotopic (exact) mass is 495 g/mol. The summed E-state index contributed by atoms with van der Waals surface area (Å²) >= 11 is 0. The Hall–Kier alpha value is -3.42. The molecule has 3 rings (SSSR count). The Morgan fingerprint density at radius 2 is 1.43 bits per heavy atom. The zero-order valence-electron chi connectivity index (χ0n) is 22.5. The highest BCUT2D eigenvalue weighted by Gasteiger charge is 2.30. The molecule has 0 aliphatic carbocycles. The van der Waals surface area contributed by atoms with Crippen LogP contribution in [-0.4, -0.2) is 25.0 Å². The Kier molecular flexibility index (Phi) is 10.9. The average molecular weight is 496 g/mol. The molecule has 0 saturated heterocycles. The van der Waals surface area contributed by atoms with Crippen molar-refractivity contribution in [2.24, 2.45) is 5.92 Å². The molecule has 1 amide bonds. The van der Waals surface area contributed by atoms with Gasteiger partial charge in [0.15, 0.2) is 0 Å². The Balaban J connectivity index is 1.62. The van der Waals surface area contributed by atoms with E-state index in [-0.39, 0.29) is 17.9 Å². The number of nitriles is 1. The highest BCUT2D eigenvalue weighted by atomic mass is 16.2. The van der Waals surface area contributed by atoms with E-state index in [1.807, 2.05) is 42.5 Å². The molecule has 0 aromatic heterocycles. The molecule has 37 heavy (non-hydrogen) atoms. The second-order valence-electron chi connectivity index (χ2n) is 10.3. The van der Waals surface area contributed by atoms with Crippen molar-refractivity contribution in [3.63, 3.8) is 0 Å². The van der Waals surface area contributed by atoms with E-state index in [9.17, 15) is 10.1 Å². The lowest BCUT2D eigenvalue weighted by atomic mass is 9.76. The van der Waals surface area contributed by atoms with Crippen LogP contribution in [0.2, 0.25) is 0 Å². The van der Waals surface area contributed by atoms with Gasteiger partial charge < -0.3 is 10.6 Å². The third-order valence-electron chi connectivity index (χ3n) is 7.22. The van der Waals surface area contributed by atoms with Crippen LogP contribution in [0.4, 0.5) is 0 Å². The number of amides is 1. The van der Waals surface area contributed by atoms with Gasteiger partial charge in [-0.15, -0.1) is 0 Å². The van der Waals surface area contributed by atoms with Crippen molar-refractivity contribution in [2.75, 3.05) is 13.1 Å². The zero-order valence-corrected chi connectivity index (χ0v) is 22.5. The first kappa shape index (κ1) is 28.2. The van der Waals surface area contributed by atoms with E-state index in [2.05, 4.69) is 86.0 Å². The van der Waals surface area contributed by atoms with Crippen LogP contribution in [0.3, 0.4) is 0 Å². The minimum atomic E-state index is -0.514. The molecular weight excluding hydrogens is 454 g/mol. The number of hydrogen-bond acceptors (Lipinski definition) is 3. The molecule has 0 saturated carbocycles. The first-order valence-electron chi connectivity index (χ1n) is 13.6. The molecule has 3 aromatic carbocycles. The number of rotatable bonds is 14. The van der Waals surface area contributed by atoms with Gasteiger partial charge in [0.2, 0.25) is 5.91 Å². The lowest BCUT2D eigenvalue weighted by Gasteiger charge is -2.27. The van der Waals surface area contributed by atoms with Crippen LogP contribution in [0.25, 0.3) is 0 Å². The van der Waals surface area contributed by atoms with Crippen LogP contribution in [-0.2, 0) is 10.2 Å². The lowest BCUT2D eigenvalue weighted by molar-refractivity contribution is -0.123. The molecule has 2 N–H and O–H groups in total. The van der Waals surface area contributed by atoms with Gasteiger partial charge in [-0.1, -0.05) is 112 Å². The van der Waals surface area contributed by atoms with Gasteiger partial charge >= 0.3 is 0 Å². The van der Waals surface area contributed by atoms with Gasteiger partial charge in [-0.25, -0.2) is 0 Å². The molecule has 194 valence electrons. The van der Waals surface area contributed by atoms with Crippen molar-refractivity contribution in [2.45, 2.75) is 63.8 Å². The Morgan fingerprint density at radius 1 is 0.892 bits per heavy atom. The van der Waals surface area contributed by atoms with E-state index in [1.54, 1.807) is 0 Å². The summed E-state index contributed by atoms with van der Waals surface area (Å²) in [6.07, 6.45) is 2.99. The minimum Gasteiger partial charge on any atom is -0.355 e. The number of carbonyl (C=O) groups is 1. The SMILES string of the molecule is CCC(C#N)(CCCNC(=O)[C@H](CC(C)C)NCC(c1ccccc1)c1ccccc1)c1ccccc1. The lowest BCUT2D eigenvalue weighted by Crippen LogP contribution is -2.46. The summed E-state index contributed by atoms with van der Waals surface area (Å²) < 4.78 is 0. The summed E-state index contributed by atoms with van der Waals surface area (Å²) in [5, 5.41) is 16.7. The zero-order chi connectivity index (χ0) is 26.5. The van der Waals surface area contributed by atoms with Crippen LogP contribution in [0.5, 0.6) is 0 Å². The fraction of sp³-hybridized carbons (Fsp3) is 0.394. The van der Waals surface area contributed by atoms with Gasteiger partial charge in [-0.05, 0) is 48.3 Å². The van der Waals surface area contributed by atoms with Crippen molar-refractivity contribution >= 4 is 5.91 Å². The van der Waals surface area contributed by atoms with E-state index in [0.29, 0.717) is 19.0 Å². The van der Waals surface area contributed by atoms with Crippen LogP contribution in [0, 0.1) is 17.2 Å². The molecular formula is C33H41N3O. The quantitative estimate of drug-likeness (QED) is 0.248. The number of nitrogens with one attached hydrogen (secondary N) is 2. The van der Waals surface area contributed by atoms with Crippen molar-refractivity contribution in [1.82, 2.24) is 10.6 Å². The predicted molar refractivity (Wildman–Crippen MR) is 152 cm³/mol. The number of hydrogen-bond donors (Lipinski definition) is 2. The average Bonchev–Trinajstić information content (AvgIpc) is 2.94. The molecule has 0 aliphatic rings. The molecule has 4 heteroatoms. The van der Waals surface area contributed by atoms with Crippen LogP contribution >= 0.6 is 0 Å². The third kappa shape index (κ3) is 8.03. The molecule has 2 atom stereocenters. The molecule has 4 nitrogen and oxygen atoms in total. The summed E-state index contributed by atoms with van der Waals surface area (Å²) in [4.78, 5) is 13.3. The highest BCUT2D eigenvalue weighted by Crippen LogP contribution is 2.32.